The van der Waals surface area contributed by atoms with E-state index in [1.165, 1.54) is 0 Å². The van der Waals surface area contributed by atoms with Crippen LogP contribution in [0, 0.1) is 5.41 Å². The van der Waals surface area contributed by atoms with Gasteiger partial charge < -0.3 is 29.6 Å². The number of pyridine rings is 1. The highest BCUT2D eigenvalue weighted by molar-refractivity contribution is 6.10. The Balaban J connectivity index is 1.45. The number of nitrogens with one attached hydrogen (secondary N) is 1. The Morgan fingerprint density at radius 1 is 1.14 bits per heavy atom. The van der Waals surface area contributed by atoms with Gasteiger partial charge in [-0.15, -0.1) is 0 Å². The zero-order valence-electron chi connectivity index (χ0n) is 20.2. The monoisotopic (exact) mass is 487 g/mol. The van der Waals surface area contributed by atoms with Crippen molar-refractivity contribution in [3.05, 3.63) is 65.0 Å². The Labute approximate surface area is 208 Å². The van der Waals surface area contributed by atoms with E-state index < -0.39 is 5.41 Å². The van der Waals surface area contributed by atoms with Crippen molar-refractivity contribution in [2.45, 2.75) is 32.7 Å². The molecule has 0 unspecified atom stereocenters. The summed E-state index contributed by atoms with van der Waals surface area (Å²) in [7, 11) is 0. The molecule has 4 aromatic rings. The zero-order chi connectivity index (χ0) is 24.9. The topological polar surface area (TPSA) is 108 Å². The van der Waals surface area contributed by atoms with Crippen LogP contribution in [0.15, 0.2) is 42.5 Å². The zero-order valence-corrected chi connectivity index (χ0v) is 20.2. The molecule has 6 rings (SSSR count). The molecule has 186 valence electrons. The van der Waals surface area contributed by atoms with Crippen molar-refractivity contribution < 1.29 is 24.5 Å². The average Bonchev–Trinajstić information content (AvgIpc) is 3.54. The average molecular weight is 488 g/mol. The third-order valence-electron chi connectivity index (χ3n) is 7.72. The van der Waals surface area contributed by atoms with Gasteiger partial charge in [-0.05, 0) is 42.2 Å². The molecular weight excluding hydrogens is 458 g/mol. The number of ether oxygens (including phenoxy) is 2. The Kier molecular flexibility index (Phi) is 5.58. The van der Waals surface area contributed by atoms with Crippen molar-refractivity contribution >= 4 is 27.7 Å². The van der Waals surface area contributed by atoms with Crippen LogP contribution in [0.5, 0.6) is 11.5 Å². The molecule has 1 amide bonds. The van der Waals surface area contributed by atoms with Crippen molar-refractivity contribution in [1.82, 2.24) is 14.9 Å². The summed E-state index contributed by atoms with van der Waals surface area (Å²) in [5, 5.41) is 22.2. The molecule has 2 aromatic heterocycles. The van der Waals surface area contributed by atoms with Crippen molar-refractivity contribution in [2.75, 3.05) is 26.6 Å². The lowest BCUT2D eigenvalue weighted by Gasteiger charge is -2.36. The normalized spacial score (nSPS) is 15.0. The summed E-state index contributed by atoms with van der Waals surface area (Å²) in [4.78, 5) is 23.8. The largest absolute Gasteiger partial charge is 0.454 e. The summed E-state index contributed by atoms with van der Waals surface area (Å²) in [6.45, 7) is 2.15. The SMILES string of the molecule is CCC(CO)(CO)C(=O)N1CCc2c(nc(Cc3ccc4c(c3)OCO4)c3[nH]c4ccccc4c23)C1. The number of aromatic nitrogens is 2. The number of aliphatic hydroxyl groups excluding tert-OH is 2. The summed E-state index contributed by atoms with van der Waals surface area (Å²) in [5.74, 6) is 1.26. The molecule has 0 atom stereocenters. The smallest absolute Gasteiger partial charge is 0.233 e. The second kappa shape index (κ2) is 8.80. The maximum absolute atomic E-state index is 13.4. The van der Waals surface area contributed by atoms with Crippen molar-refractivity contribution in [2.24, 2.45) is 5.41 Å². The van der Waals surface area contributed by atoms with Crippen LogP contribution in [0.2, 0.25) is 0 Å². The molecule has 8 nitrogen and oxygen atoms in total. The summed E-state index contributed by atoms with van der Waals surface area (Å²) in [5.41, 5.74) is 4.87. The van der Waals surface area contributed by atoms with Gasteiger partial charge in [0.25, 0.3) is 0 Å². The molecule has 0 saturated heterocycles. The highest BCUT2D eigenvalue weighted by Crippen LogP contribution is 2.37. The van der Waals surface area contributed by atoms with Gasteiger partial charge in [0.05, 0.1) is 42.1 Å². The van der Waals surface area contributed by atoms with Gasteiger partial charge in [0.1, 0.15) is 0 Å². The van der Waals surface area contributed by atoms with Crippen molar-refractivity contribution in [3.63, 3.8) is 0 Å². The molecule has 0 aliphatic carbocycles. The fourth-order valence-corrected chi connectivity index (χ4v) is 5.45. The van der Waals surface area contributed by atoms with E-state index in [-0.39, 0.29) is 25.9 Å². The van der Waals surface area contributed by atoms with Crippen molar-refractivity contribution in [1.29, 1.82) is 0 Å². The molecule has 8 heteroatoms. The van der Waals surface area contributed by atoms with Gasteiger partial charge in [0, 0.05) is 29.3 Å². The summed E-state index contributed by atoms with van der Waals surface area (Å²) >= 11 is 0. The van der Waals surface area contributed by atoms with Gasteiger partial charge in [-0.1, -0.05) is 31.2 Å². The van der Waals surface area contributed by atoms with Crippen LogP contribution in [0.3, 0.4) is 0 Å². The predicted octanol–water partition coefficient (Wildman–Crippen LogP) is 3.30. The number of para-hydroxylation sites is 1. The number of fused-ring (bicyclic) bond motifs is 6. The summed E-state index contributed by atoms with van der Waals surface area (Å²) < 4.78 is 11.0. The van der Waals surface area contributed by atoms with Gasteiger partial charge >= 0.3 is 0 Å². The van der Waals surface area contributed by atoms with Gasteiger partial charge in [-0.2, -0.15) is 0 Å². The fraction of sp³-hybridized carbons (Fsp3) is 0.357. The van der Waals surface area contributed by atoms with Crippen molar-refractivity contribution in [3.8, 4) is 11.5 Å². The van der Waals surface area contributed by atoms with E-state index in [0.29, 0.717) is 32.4 Å². The van der Waals surface area contributed by atoms with E-state index in [4.69, 9.17) is 14.5 Å². The lowest BCUT2D eigenvalue weighted by molar-refractivity contribution is -0.149. The Bertz CT molecular complexity index is 1470. The number of carbonyl (C=O) groups is 1. The molecule has 0 fully saturated rings. The quantitative estimate of drug-likeness (QED) is 0.385. The summed E-state index contributed by atoms with van der Waals surface area (Å²) in [6.07, 6.45) is 1.62. The molecule has 36 heavy (non-hydrogen) atoms. The number of H-pyrrole nitrogens is 1. The first kappa shape index (κ1) is 22.8. The predicted molar refractivity (Wildman–Crippen MR) is 135 cm³/mol. The van der Waals surface area contributed by atoms with Crippen LogP contribution < -0.4 is 9.47 Å². The Hall–Kier alpha value is -3.62. The number of hydrogen-bond acceptors (Lipinski definition) is 6. The lowest BCUT2D eigenvalue weighted by atomic mass is 9.84. The molecule has 0 saturated carbocycles. The van der Waals surface area contributed by atoms with Gasteiger partial charge in [0.2, 0.25) is 12.7 Å². The molecule has 3 N–H and O–H groups in total. The molecule has 0 spiro atoms. The second-order valence-corrected chi connectivity index (χ2v) is 9.70. The number of benzene rings is 2. The van der Waals surface area contributed by atoms with E-state index in [1.54, 1.807) is 4.90 Å². The molecule has 2 aromatic carbocycles. The van der Waals surface area contributed by atoms with Crippen LogP contribution >= 0.6 is 0 Å². The maximum Gasteiger partial charge on any atom is 0.233 e. The van der Waals surface area contributed by atoms with Crippen LogP contribution in [0.25, 0.3) is 21.8 Å². The molecule has 2 aliphatic rings. The maximum atomic E-state index is 13.4. The van der Waals surface area contributed by atoms with Crippen LogP contribution in [0.1, 0.15) is 35.9 Å². The van der Waals surface area contributed by atoms with E-state index in [9.17, 15) is 15.0 Å². The lowest BCUT2D eigenvalue weighted by Crippen LogP contribution is -2.49. The van der Waals surface area contributed by atoms with E-state index in [1.807, 2.05) is 37.3 Å². The van der Waals surface area contributed by atoms with Gasteiger partial charge in [-0.25, -0.2) is 0 Å². The van der Waals surface area contributed by atoms with Crippen LogP contribution in [-0.4, -0.2) is 57.5 Å². The third-order valence-corrected chi connectivity index (χ3v) is 7.72. The van der Waals surface area contributed by atoms with Crippen LogP contribution in [0.4, 0.5) is 0 Å². The number of amides is 1. The third kappa shape index (κ3) is 3.51. The summed E-state index contributed by atoms with van der Waals surface area (Å²) in [6, 6.07) is 14.2. The van der Waals surface area contributed by atoms with E-state index in [2.05, 4.69) is 17.1 Å². The first-order chi connectivity index (χ1) is 17.6. The second-order valence-electron chi connectivity index (χ2n) is 9.70. The Morgan fingerprint density at radius 2 is 1.94 bits per heavy atom. The number of nitrogens with zero attached hydrogens (tertiary/aromatic N) is 2. The molecule has 4 heterocycles. The van der Waals surface area contributed by atoms with Gasteiger partial charge in [0.15, 0.2) is 11.5 Å². The molecule has 0 radical (unpaired) electrons. The molecular formula is C28H29N3O5. The molecule has 2 aliphatic heterocycles. The van der Waals surface area contributed by atoms with Gasteiger partial charge in [-0.3, -0.25) is 9.78 Å². The van der Waals surface area contributed by atoms with E-state index >= 15 is 0 Å². The first-order valence-electron chi connectivity index (χ1n) is 12.4. The minimum absolute atomic E-state index is 0.223. The number of rotatable bonds is 6. The minimum Gasteiger partial charge on any atom is -0.454 e. The van der Waals surface area contributed by atoms with E-state index in [0.717, 1.165) is 55.8 Å². The standard InChI is InChI=1S/C28H29N3O5/c1-2-28(14-32,15-33)27(34)31-10-9-19-22(13-31)29-21(11-17-7-8-23-24(12-17)36-16-35-23)26-25(19)18-5-3-4-6-20(18)30-26/h3-8,12,30,32-33H,2,9-11,13-16H2,1H3. The number of aliphatic hydroxyl groups is 2. The number of aromatic amines is 1. The number of carbonyl (C=O) groups excluding carboxylic acids is 1. The first-order valence-corrected chi connectivity index (χ1v) is 12.4. The highest BCUT2D eigenvalue weighted by atomic mass is 16.7. The molecule has 0 bridgehead atoms. The fourth-order valence-electron chi connectivity index (χ4n) is 5.45. The Morgan fingerprint density at radius 3 is 2.75 bits per heavy atom. The van der Waals surface area contributed by atoms with Crippen LogP contribution in [-0.2, 0) is 24.2 Å². The minimum atomic E-state index is -1.17. The number of hydrogen-bond donors (Lipinski definition) is 3. The highest BCUT2D eigenvalue weighted by Gasteiger charge is 2.40.